The third-order valence-electron chi connectivity index (χ3n) is 2.99. The van der Waals surface area contributed by atoms with E-state index in [2.05, 4.69) is 18.6 Å². The van der Waals surface area contributed by atoms with Gasteiger partial charge in [0.2, 0.25) is 0 Å². The summed E-state index contributed by atoms with van der Waals surface area (Å²) < 4.78 is 44.2. The van der Waals surface area contributed by atoms with Crippen LogP contribution in [-0.2, 0) is 4.74 Å². The molecule has 0 radical (unpaired) electrons. The van der Waals surface area contributed by atoms with Crippen molar-refractivity contribution in [3.8, 4) is 5.75 Å². The summed E-state index contributed by atoms with van der Waals surface area (Å²) in [5.74, 6) is 1.05. The molecule has 0 aromatic heterocycles. The Bertz CT molecular complexity index is 402. The lowest BCUT2D eigenvalue weighted by atomic mass is 9.97. The second-order valence-corrected chi connectivity index (χ2v) is 4.48. The summed E-state index contributed by atoms with van der Waals surface area (Å²) in [5.41, 5.74) is 2.13. The van der Waals surface area contributed by atoms with E-state index in [1.807, 2.05) is 19.1 Å². The molecule has 1 aromatic carbocycles. The van der Waals surface area contributed by atoms with Crippen LogP contribution in [0.5, 0.6) is 5.75 Å². The van der Waals surface area contributed by atoms with Gasteiger partial charge < -0.3 is 4.74 Å². The molecule has 0 fully saturated rings. The molecule has 1 rings (SSSR count). The van der Waals surface area contributed by atoms with Gasteiger partial charge in [-0.25, -0.2) is 0 Å². The molecule has 1 aromatic rings. The van der Waals surface area contributed by atoms with Crippen LogP contribution in [-0.4, -0.2) is 19.6 Å². The first-order chi connectivity index (χ1) is 8.83. The van der Waals surface area contributed by atoms with Crippen LogP contribution in [0.3, 0.4) is 0 Å². The van der Waals surface area contributed by atoms with E-state index in [0.29, 0.717) is 11.7 Å². The van der Waals surface area contributed by atoms with Gasteiger partial charge in [0, 0.05) is 0 Å². The van der Waals surface area contributed by atoms with Gasteiger partial charge in [-0.3, -0.25) is 4.74 Å². The fraction of sp³-hybridized carbons (Fsp3) is 0.571. The third kappa shape index (κ3) is 5.51. The van der Waals surface area contributed by atoms with Gasteiger partial charge in [0.15, 0.2) is 0 Å². The van der Waals surface area contributed by atoms with Crippen LogP contribution in [0.15, 0.2) is 18.2 Å². The molecule has 0 aliphatic heterocycles. The molecule has 0 bridgehead atoms. The minimum absolute atomic E-state index is 0.122. The van der Waals surface area contributed by atoms with Crippen molar-refractivity contribution in [1.82, 2.24) is 0 Å². The summed E-state index contributed by atoms with van der Waals surface area (Å²) in [5, 5.41) is 0. The number of hydrogen-bond donors (Lipinski definition) is 0. The molecular formula is C14H19F3O2. The molecule has 2 nitrogen and oxygen atoms in total. The largest absolute Gasteiger partial charge is 0.522 e. The maximum absolute atomic E-state index is 11.8. The topological polar surface area (TPSA) is 18.5 Å². The molecule has 0 aliphatic rings. The van der Waals surface area contributed by atoms with Gasteiger partial charge in [-0.1, -0.05) is 26.0 Å². The molecule has 0 saturated heterocycles. The van der Waals surface area contributed by atoms with E-state index in [4.69, 9.17) is 4.74 Å². The summed E-state index contributed by atoms with van der Waals surface area (Å²) in [6.45, 7) is 5.50. The average molecular weight is 276 g/mol. The molecule has 108 valence electrons. The number of ether oxygens (including phenoxy) is 2. The Kier molecular flexibility index (Phi) is 5.66. The lowest BCUT2D eigenvalue weighted by Gasteiger charge is -2.14. The van der Waals surface area contributed by atoms with Crippen LogP contribution in [0, 0.1) is 6.92 Å². The van der Waals surface area contributed by atoms with Gasteiger partial charge in [0.05, 0.1) is 6.61 Å². The zero-order valence-corrected chi connectivity index (χ0v) is 11.4. The zero-order valence-electron chi connectivity index (χ0n) is 11.4. The normalized spacial score (nSPS) is 13.4. The summed E-state index contributed by atoms with van der Waals surface area (Å²) in [7, 11) is 0. The van der Waals surface area contributed by atoms with E-state index in [9.17, 15) is 13.2 Å². The highest BCUT2D eigenvalue weighted by molar-refractivity contribution is 5.37. The van der Waals surface area contributed by atoms with Crippen LogP contribution in [0.1, 0.15) is 37.3 Å². The Hall–Kier alpha value is -1.23. The van der Waals surface area contributed by atoms with Crippen LogP contribution in [0.25, 0.3) is 0 Å². The van der Waals surface area contributed by atoms with Crippen molar-refractivity contribution >= 4 is 0 Å². The second kappa shape index (κ2) is 6.80. The van der Waals surface area contributed by atoms with Gasteiger partial charge in [0.25, 0.3) is 0 Å². The molecule has 0 N–H and O–H groups in total. The quantitative estimate of drug-likeness (QED) is 0.716. The average Bonchev–Trinajstić information content (AvgIpc) is 2.33. The molecule has 19 heavy (non-hydrogen) atoms. The molecule has 1 atom stereocenters. The Morgan fingerprint density at radius 3 is 2.42 bits per heavy atom. The van der Waals surface area contributed by atoms with Crippen molar-refractivity contribution in [2.75, 3.05) is 13.2 Å². The van der Waals surface area contributed by atoms with Crippen molar-refractivity contribution < 1.29 is 22.6 Å². The van der Waals surface area contributed by atoms with Crippen LogP contribution in [0.4, 0.5) is 13.2 Å². The molecule has 5 heteroatoms. The van der Waals surface area contributed by atoms with Crippen LogP contribution >= 0.6 is 0 Å². The molecule has 1 unspecified atom stereocenters. The molecule has 0 amide bonds. The highest BCUT2D eigenvalue weighted by atomic mass is 19.4. The van der Waals surface area contributed by atoms with Crippen LogP contribution < -0.4 is 4.74 Å². The molecule has 0 spiro atoms. The van der Waals surface area contributed by atoms with Gasteiger partial charge in [-0.05, 0) is 36.5 Å². The number of aryl methyl sites for hydroxylation is 1. The van der Waals surface area contributed by atoms with Crippen molar-refractivity contribution in [2.24, 2.45) is 0 Å². The maximum atomic E-state index is 11.8. The van der Waals surface area contributed by atoms with Crippen molar-refractivity contribution in [1.29, 1.82) is 0 Å². The van der Waals surface area contributed by atoms with Crippen molar-refractivity contribution in [3.63, 3.8) is 0 Å². The molecular weight excluding hydrogens is 257 g/mol. The van der Waals surface area contributed by atoms with Gasteiger partial charge in [-0.2, -0.15) is 0 Å². The standard InChI is InChI=1S/C14H19F3O2/c1-4-10(2)12-5-6-13(11(3)9-12)18-7-8-19-14(15,16)17/h5-6,9-10H,4,7-8H2,1-3H3. The highest BCUT2D eigenvalue weighted by Gasteiger charge is 2.28. The van der Waals surface area contributed by atoms with E-state index < -0.39 is 13.0 Å². The van der Waals surface area contributed by atoms with Gasteiger partial charge >= 0.3 is 6.36 Å². The highest BCUT2D eigenvalue weighted by Crippen LogP contribution is 2.25. The predicted octanol–water partition coefficient (Wildman–Crippen LogP) is 4.42. The fourth-order valence-electron chi connectivity index (χ4n) is 1.69. The zero-order chi connectivity index (χ0) is 14.5. The summed E-state index contributed by atoms with van der Waals surface area (Å²) >= 11 is 0. The monoisotopic (exact) mass is 276 g/mol. The Morgan fingerprint density at radius 2 is 1.89 bits per heavy atom. The number of rotatable bonds is 6. The van der Waals surface area contributed by atoms with Crippen molar-refractivity contribution in [2.45, 2.75) is 39.5 Å². The Morgan fingerprint density at radius 1 is 1.21 bits per heavy atom. The fourth-order valence-corrected chi connectivity index (χ4v) is 1.69. The second-order valence-electron chi connectivity index (χ2n) is 4.48. The summed E-state index contributed by atoms with van der Waals surface area (Å²) in [6, 6.07) is 5.75. The summed E-state index contributed by atoms with van der Waals surface area (Å²) in [4.78, 5) is 0. The number of halogens is 3. The molecule has 0 saturated carbocycles. The van der Waals surface area contributed by atoms with E-state index >= 15 is 0 Å². The van der Waals surface area contributed by atoms with E-state index in [1.54, 1.807) is 6.07 Å². The number of hydrogen-bond acceptors (Lipinski definition) is 2. The number of alkyl halides is 3. The predicted molar refractivity (Wildman–Crippen MR) is 67.4 cm³/mol. The van der Waals surface area contributed by atoms with E-state index in [0.717, 1.165) is 12.0 Å². The van der Waals surface area contributed by atoms with E-state index in [-0.39, 0.29) is 6.61 Å². The van der Waals surface area contributed by atoms with Crippen molar-refractivity contribution in [3.05, 3.63) is 29.3 Å². The minimum atomic E-state index is -4.60. The first kappa shape index (κ1) is 15.8. The first-order valence-corrected chi connectivity index (χ1v) is 6.27. The lowest BCUT2D eigenvalue weighted by molar-refractivity contribution is -0.325. The van der Waals surface area contributed by atoms with E-state index in [1.165, 1.54) is 5.56 Å². The third-order valence-corrected chi connectivity index (χ3v) is 2.99. The first-order valence-electron chi connectivity index (χ1n) is 6.27. The molecule has 0 aliphatic carbocycles. The Balaban J connectivity index is 2.51. The van der Waals surface area contributed by atoms with Gasteiger partial charge in [0.1, 0.15) is 12.4 Å². The smallest absolute Gasteiger partial charge is 0.491 e. The van der Waals surface area contributed by atoms with Crippen LogP contribution in [0.2, 0.25) is 0 Å². The number of benzene rings is 1. The SMILES string of the molecule is CCC(C)c1ccc(OCCOC(F)(F)F)c(C)c1. The Labute approximate surface area is 111 Å². The molecule has 0 heterocycles. The van der Waals surface area contributed by atoms with Gasteiger partial charge in [-0.15, -0.1) is 13.2 Å². The maximum Gasteiger partial charge on any atom is 0.522 e. The minimum Gasteiger partial charge on any atom is -0.491 e. The summed E-state index contributed by atoms with van der Waals surface area (Å²) in [6.07, 6.45) is -3.56. The lowest BCUT2D eigenvalue weighted by Crippen LogP contribution is -2.18.